The van der Waals surface area contributed by atoms with Crippen LogP contribution in [0.5, 0.6) is 0 Å². The maximum atomic E-state index is 13.6. The molecule has 0 fully saturated rings. The lowest BCUT2D eigenvalue weighted by molar-refractivity contribution is -0.385. The minimum absolute atomic E-state index is 0.185. The molecule has 0 aliphatic carbocycles. The van der Waals surface area contributed by atoms with Crippen LogP contribution in [0.15, 0.2) is 47.4 Å². The Bertz CT molecular complexity index is 788. The summed E-state index contributed by atoms with van der Waals surface area (Å²) in [5.41, 5.74) is -0.714. The Labute approximate surface area is 118 Å². The second-order valence-electron chi connectivity index (χ2n) is 4.25. The van der Waals surface area contributed by atoms with Crippen LogP contribution < -0.4 is 0 Å². The van der Waals surface area contributed by atoms with Crippen molar-refractivity contribution >= 4 is 15.5 Å². The molecule has 5 nitrogen and oxygen atoms in total. The molecule has 0 aliphatic rings. The van der Waals surface area contributed by atoms with Crippen molar-refractivity contribution in [1.29, 1.82) is 0 Å². The summed E-state index contributed by atoms with van der Waals surface area (Å²) in [6, 6.07) is 6.71. The molecular formula is C13H9F2NO4S. The zero-order chi connectivity index (χ0) is 15.6. The number of nitro benzene ring substituents is 1. The van der Waals surface area contributed by atoms with Crippen molar-refractivity contribution in [3.8, 4) is 0 Å². The summed E-state index contributed by atoms with van der Waals surface area (Å²) >= 11 is 0. The molecule has 0 bridgehead atoms. The van der Waals surface area contributed by atoms with Crippen LogP contribution in [0.1, 0.15) is 5.56 Å². The van der Waals surface area contributed by atoms with Crippen LogP contribution >= 0.6 is 0 Å². The maximum Gasteiger partial charge on any atom is 0.269 e. The van der Waals surface area contributed by atoms with Gasteiger partial charge in [-0.2, -0.15) is 0 Å². The van der Waals surface area contributed by atoms with E-state index in [1.165, 1.54) is 0 Å². The molecule has 0 atom stereocenters. The average Bonchev–Trinajstić information content (AvgIpc) is 2.41. The number of hydrogen-bond acceptors (Lipinski definition) is 4. The van der Waals surface area contributed by atoms with Gasteiger partial charge in [-0.3, -0.25) is 10.1 Å². The Kier molecular flexibility index (Phi) is 3.99. The van der Waals surface area contributed by atoms with Crippen LogP contribution in [-0.2, 0) is 15.6 Å². The summed E-state index contributed by atoms with van der Waals surface area (Å²) in [5.74, 6) is -2.20. The number of nitrogens with zero attached hydrogens (tertiary/aromatic N) is 1. The standard InChI is InChI=1S/C13H9F2NO4S/c14-10-1-4-12(5-2-10)21(19,20)8-9-7-11(16(17)18)3-6-13(9)15/h1-7H,8H2. The second-order valence-corrected chi connectivity index (χ2v) is 6.24. The number of benzene rings is 2. The van der Waals surface area contributed by atoms with Gasteiger partial charge in [0.15, 0.2) is 9.84 Å². The highest BCUT2D eigenvalue weighted by Gasteiger charge is 2.20. The Morgan fingerprint density at radius 1 is 1.05 bits per heavy atom. The molecule has 0 N–H and O–H groups in total. The first kappa shape index (κ1) is 15.0. The Balaban J connectivity index is 2.38. The highest BCUT2D eigenvalue weighted by Crippen LogP contribution is 2.22. The predicted octanol–water partition coefficient (Wildman–Crippen LogP) is 2.85. The fraction of sp³-hybridized carbons (Fsp3) is 0.0769. The molecule has 110 valence electrons. The molecule has 0 amide bonds. The number of sulfone groups is 1. The van der Waals surface area contributed by atoms with E-state index in [0.29, 0.717) is 0 Å². The molecule has 2 aromatic carbocycles. The third-order valence-electron chi connectivity index (χ3n) is 2.76. The summed E-state index contributed by atoms with van der Waals surface area (Å²) < 4.78 is 50.5. The topological polar surface area (TPSA) is 77.3 Å². The van der Waals surface area contributed by atoms with Gasteiger partial charge in [0.25, 0.3) is 5.69 Å². The molecule has 0 aliphatic heterocycles. The smallest absolute Gasteiger partial charge is 0.258 e. The zero-order valence-corrected chi connectivity index (χ0v) is 11.3. The van der Waals surface area contributed by atoms with E-state index >= 15 is 0 Å². The van der Waals surface area contributed by atoms with Crippen molar-refractivity contribution in [2.45, 2.75) is 10.6 Å². The normalized spacial score (nSPS) is 11.3. The van der Waals surface area contributed by atoms with Gasteiger partial charge in [0.1, 0.15) is 11.6 Å². The highest BCUT2D eigenvalue weighted by atomic mass is 32.2. The largest absolute Gasteiger partial charge is 0.269 e. The van der Waals surface area contributed by atoms with Gasteiger partial charge in [0.2, 0.25) is 0 Å². The van der Waals surface area contributed by atoms with Crippen LogP contribution in [0, 0.1) is 21.7 Å². The molecule has 0 saturated heterocycles. The van der Waals surface area contributed by atoms with E-state index in [0.717, 1.165) is 42.5 Å². The van der Waals surface area contributed by atoms with Crippen molar-refractivity contribution in [2.75, 3.05) is 0 Å². The molecule has 0 aromatic heterocycles. The fourth-order valence-electron chi connectivity index (χ4n) is 1.72. The number of nitro groups is 1. The Morgan fingerprint density at radius 3 is 2.24 bits per heavy atom. The summed E-state index contributed by atoms with van der Waals surface area (Å²) in [5, 5.41) is 10.6. The number of rotatable bonds is 4. The fourth-order valence-corrected chi connectivity index (χ4v) is 3.06. The number of halogens is 2. The third kappa shape index (κ3) is 3.40. The zero-order valence-electron chi connectivity index (χ0n) is 10.5. The van der Waals surface area contributed by atoms with Gasteiger partial charge in [-0.25, -0.2) is 17.2 Å². The molecule has 0 radical (unpaired) electrons. The van der Waals surface area contributed by atoms with Gasteiger partial charge in [0, 0.05) is 17.7 Å². The average molecular weight is 313 g/mol. The lowest BCUT2D eigenvalue weighted by Gasteiger charge is -2.06. The molecular weight excluding hydrogens is 304 g/mol. The molecule has 2 rings (SSSR count). The SMILES string of the molecule is O=[N+]([O-])c1ccc(F)c(CS(=O)(=O)c2ccc(F)cc2)c1. The van der Waals surface area contributed by atoms with Crippen molar-refractivity contribution in [2.24, 2.45) is 0 Å². The first-order valence-electron chi connectivity index (χ1n) is 5.71. The van der Waals surface area contributed by atoms with Crippen molar-refractivity contribution in [1.82, 2.24) is 0 Å². The predicted molar refractivity (Wildman–Crippen MR) is 70.3 cm³/mol. The van der Waals surface area contributed by atoms with E-state index < -0.39 is 37.8 Å². The summed E-state index contributed by atoms with van der Waals surface area (Å²) in [6.07, 6.45) is 0. The Morgan fingerprint density at radius 2 is 1.67 bits per heavy atom. The van der Waals surface area contributed by atoms with E-state index in [9.17, 15) is 27.3 Å². The molecule has 2 aromatic rings. The first-order valence-corrected chi connectivity index (χ1v) is 7.36. The van der Waals surface area contributed by atoms with Crippen LogP contribution in [0.3, 0.4) is 0 Å². The molecule has 0 saturated carbocycles. The number of hydrogen-bond donors (Lipinski definition) is 0. The molecule has 0 heterocycles. The van der Waals surface area contributed by atoms with Gasteiger partial charge in [-0.1, -0.05) is 0 Å². The Hall–Kier alpha value is -2.35. The molecule has 0 unspecified atom stereocenters. The molecule has 8 heteroatoms. The molecule has 21 heavy (non-hydrogen) atoms. The van der Waals surface area contributed by atoms with Gasteiger partial charge >= 0.3 is 0 Å². The lowest BCUT2D eigenvalue weighted by atomic mass is 10.2. The lowest BCUT2D eigenvalue weighted by Crippen LogP contribution is -2.07. The summed E-state index contributed by atoms with van der Waals surface area (Å²) in [4.78, 5) is 9.70. The monoisotopic (exact) mass is 313 g/mol. The van der Waals surface area contributed by atoms with Crippen molar-refractivity contribution in [3.63, 3.8) is 0 Å². The summed E-state index contributed by atoms with van der Waals surface area (Å²) in [7, 11) is -3.92. The van der Waals surface area contributed by atoms with E-state index in [4.69, 9.17) is 0 Å². The van der Waals surface area contributed by atoms with E-state index in [1.54, 1.807) is 0 Å². The van der Waals surface area contributed by atoms with E-state index in [2.05, 4.69) is 0 Å². The van der Waals surface area contributed by atoms with Crippen molar-refractivity contribution < 1.29 is 22.1 Å². The minimum Gasteiger partial charge on any atom is -0.258 e. The quantitative estimate of drug-likeness (QED) is 0.494. The third-order valence-corrected chi connectivity index (χ3v) is 4.44. The van der Waals surface area contributed by atoms with Crippen LogP contribution in [0.2, 0.25) is 0 Å². The van der Waals surface area contributed by atoms with Crippen LogP contribution in [0.25, 0.3) is 0 Å². The number of non-ortho nitro benzene ring substituents is 1. The van der Waals surface area contributed by atoms with Gasteiger partial charge in [0.05, 0.1) is 15.6 Å². The van der Waals surface area contributed by atoms with E-state index in [1.807, 2.05) is 0 Å². The van der Waals surface area contributed by atoms with Crippen LogP contribution in [0.4, 0.5) is 14.5 Å². The van der Waals surface area contributed by atoms with Crippen molar-refractivity contribution in [3.05, 3.63) is 69.8 Å². The minimum atomic E-state index is -3.92. The highest BCUT2D eigenvalue weighted by molar-refractivity contribution is 7.90. The van der Waals surface area contributed by atoms with Gasteiger partial charge in [-0.05, 0) is 30.3 Å². The van der Waals surface area contributed by atoms with Gasteiger partial charge < -0.3 is 0 Å². The molecule has 0 spiro atoms. The second kappa shape index (κ2) is 5.57. The summed E-state index contributed by atoms with van der Waals surface area (Å²) in [6.45, 7) is 0. The maximum absolute atomic E-state index is 13.6. The van der Waals surface area contributed by atoms with Crippen LogP contribution in [-0.4, -0.2) is 13.3 Å². The van der Waals surface area contributed by atoms with Gasteiger partial charge in [-0.15, -0.1) is 0 Å². The van der Waals surface area contributed by atoms with E-state index in [-0.39, 0.29) is 10.5 Å². The first-order chi connectivity index (χ1) is 9.79.